The van der Waals surface area contributed by atoms with Crippen molar-refractivity contribution >= 4 is 22.8 Å². The highest BCUT2D eigenvalue weighted by molar-refractivity contribution is 5.97. The molecular formula is C21H26N2O4. The molecule has 0 radical (unpaired) electrons. The Morgan fingerprint density at radius 2 is 1.96 bits per heavy atom. The molecule has 6 nitrogen and oxygen atoms in total. The SMILES string of the molecule is NC(=O)C1CCc2c1c1c(OCC(=O)O)cccc1n2CC1CCCCC1. The maximum atomic E-state index is 12.1. The fraction of sp³-hybridized carbons (Fsp3) is 0.524. The Bertz CT molecular complexity index is 880. The Kier molecular flexibility index (Phi) is 4.81. The van der Waals surface area contributed by atoms with Crippen LogP contribution in [0.4, 0.5) is 0 Å². The molecule has 1 aromatic carbocycles. The van der Waals surface area contributed by atoms with Crippen LogP contribution in [-0.2, 0) is 22.6 Å². The number of nitrogens with zero attached hydrogens (tertiary/aromatic N) is 1. The first-order valence-electron chi connectivity index (χ1n) is 9.84. The smallest absolute Gasteiger partial charge is 0.341 e. The molecule has 0 aliphatic heterocycles. The summed E-state index contributed by atoms with van der Waals surface area (Å²) < 4.78 is 7.92. The monoisotopic (exact) mass is 370 g/mol. The Balaban J connectivity index is 1.82. The van der Waals surface area contributed by atoms with E-state index in [1.807, 2.05) is 12.1 Å². The third kappa shape index (κ3) is 3.29. The van der Waals surface area contributed by atoms with Gasteiger partial charge < -0.3 is 20.1 Å². The Morgan fingerprint density at radius 1 is 1.19 bits per heavy atom. The molecular weight excluding hydrogens is 344 g/mol. The van der Waals surface area contributed by atoms with E-state index < -0.39 is 12.6 Å². The molecule has 1 fully saturated rings. The average molecular weight is 370 g/mol. The van der Waals surface area contributed by atoms with E-state index in [1.54, 1.807) is 6.07 Å². The minimum atomic E-state index is -1.02. The first kappa shape index (κ1) is 17.9. The molecule has 1 saturated carbocycles. The van der Waals surface area contributed by atoms with Crippen LogP contribution in [0.2, 0.25) is 0 Å². The van der Waals surface area contributed by atoms with E-state index in [-0.39, 0.29) is 11.8 Å². The van der Waals surface area contributed by atoms with Gasteiger partial charge in [-0.05, 0) is 49.3 Å². The van der Waals surface area contributed by atoms with Gasteiger partial charge in [0.05, 0.1) is 11.4 Å². The van der Waals surface area contributed by atoms with Crippen molar-refractivity contribution in [2.75, 3.05) is 6.61 Å². The number of aliphatic carboxylic acids is 1. The predicted octanol–water partition coefficient (Wildman–Crippen LogP) is 3.20. The molecule has 0 spiro atoms. The zero-order valence-electron chi connectivity index (χ0n) is 15.4. The van der Waals surface area contributed by atoms with E-state index in [1.165, 1.54) is 37.8 Å². The van der Waals surface area contributed by atoms with Gasteiger partial charge in [0.1, 0.15) is 5.75 Å². The fourth-order valence-electron chi connectivity index (χ4n) is 4.90. The number of rotatable bonds is 6. The number of primary amides is 1. The lowest BCUT2D eigenvalue weighted by Gasteiger charge is -2.23. The number of amides is 1. The van der Waals surface area contributed by atoms with Crippen molar-refractivity contribution in [1.82, 2.24) is 4.57 Å². The number of benzene rings is 1. The van der Waals surface area contributed by atoms with Gasteiger partial charge in [0.15, 0.2) is 6.61 Å². The number of hydrogen-bond donors (Lipinski definition) is 2. The molecule has 0 bridgehead atoms. The number of carboxylic acids is 1. The number of carboxylic acid groups (broad SMARTS) is 1. The molecule has 27 heavy (non-hydrogen) atoms. The van der Waals surface area contributed by atoms with Gasteiger partial charge in [-0.3, -0.25) is 4.79 Å². The van der Waals surface area contributed by atoms with Crippen molar-refractivity contribution in [3.8, 4) is 5.75 Å². The lowest BCUT2D eigenvalue weighted by molar-refractivity contribution is -0.139. The van der Waals surface area contributed by atoms with Crippen molar-refractivity contribution in [3.63, 3.8) is 0 Å². The van der Waals surface area contributed by atoms with Gasteiger partial charge in [0.25, 0.3) is 0 Å². The number of fused-ring (bicyclic) bond motifs is 3. The molecule has 1 aromatic heterocycles. The lowest BCUT2D eigenvalue weighted by atomic mass is 9.89. The predicted molar refractivity (Wildman–Crippen MR) is 102 cm³/mol. The molecule has 1 atom stereocenters. The molecule has 0 saturated heterocycles. The molecule has 3 N–H and O–H groups in total. The zero-order chi connectivity index (χ0) is 19.0. The minimum Gasteiger partial charge on any atom is -0.481 e. The average Bonchev–Trinajstić information content (AvgIpc) is 3.21. The summed E-state index contributed by atoms with van der Waals surface area (Å²) >= 11 is 0. The van der Waals surface area contributed by atoms with Crippen molar-refractivity contribution in [1.29, 1.82) is 0 Å². The third-order valence-corrected chi connectivity index (χ3v) is 6.08. The van der Waals surface area contributed by atoms with Crippen LogP contribution in [0.3, 0.4) is 0 Å². The van der Waals surface area contributed by atoms with E-state index in [2.05, 4.69) is 4.57 Å². The number of carbonyl (C=O) groups is 2. The van der Waals surface area contributed by atoms with Crippen LogP contribution >= 0.6 is 0 Å². The highest BCUT2D eigenvalue weighted by atomic mass is 16.5. The molecule has 1 heterocycles. The lowest BCUT2D eigenvalue weighted by Crippen LogP contribution is -2.19. The van der Waals surface area contributed by atoms with Crippen molar-refractivity contribution in [3.05, 3.63) is 29.5 Å². The van der Waals surface area contributed by atoms with Gasteiger partial charge in [-0.1, -0.05) is 25.3 Å². The summed E-state index contributed by atoms with van der Waals surface area (Å²) in [5, 5.41) is 9.86. The van der Waals surface area contributed by atoms with Crippen LogP contribution in [-0.4, -0.2) is 28.2 Å². The van der Waals surface area contributed by atoms with Gasteiger partial charge in [-0.2, -0.15) is 0 Å². The molecule has 1 amide bonds. The van der Waals surface area contributed by atoms with E-state index in [0.29, 0.717) is 18.1 Å². The molecule has 6 heteroatoms. The maximum Gasteiger partial charge on any atom is 0.341 e. The van der Waals surface area contributed by atoms with Crippen LogP contribution < -0.4 is 10.5 Å². The summed E-state index contributed by atoms with van der Waals surface area (Å²) in [4.78, 5) is 23.0. The van der Waals surface area contributed by atoms with Crippen molar-refractivity contribution in [2.45, 2.75) is 57.4 Å². The second-order valence-corrected chi connectivity index (χ2v) is 7.80. The van der Waals surface area contributed by atoms with E-state index in [4.69, 9.17) is 15.6 Å². The first-order chi connectivity index (χ1) is 13.1. The minimum absolute atomic E-state index is 0.321. The van der Waals surface area contributed by atoms with Gasteiger partial charge in [-0.15, -0.1) is 0 Å². The molecule has 1 unspecified atom stereocenters. The first-order valence-corrected chi connectivity index (χ1v) is 9.84. The fourth-order valence-corrected chi connectivity index (χ4v) is 4.90. The largest absolute Gasteiger partial charge is 0.481 e. The zero-order valence-corrected chi connectivity index (χ0v) is 15.4. The van der Waals surface area contributed by atoms with E-state index in [9.17, 15) is 9.59 Å². The second-order valence-electron chi connectivity index (χ2n) is 7.80. The quantitative estimate of drug-likeness (QED) is 0.816. The molecule has 144 valence electrons. The third-order valence-electron chi connectivity index (χ3n) is 6.08. The van der Waals surface area contributed by atoms with Crippen LogP contribution in [0.5, 0.6) is 5.75 Å². The van der Waals surface area contributed by atoms with E-state index in [0.717, 1.165) is 29.4 Å². The molecule has 4 rings (SSSR count). The van der Waals surface area contributed by atoms with E-state index >= 15 is 0 Å². The van der Waals surface area contributed by atoms with Crippen LogP contribution in [0.15, 0.2) is 18.2 Å². The Morgan fingerprint density at radius 3 is 2.67 bits per heavy atom. The number of nitrogens with two attached hydrogens (primary N) is 1. The summed E-state index contributed by atoms with van der Waals surface area (Å²) in [5.41, 5.74) is 8.84. The molecule has 2 aliphatic carbocycles. The van der Waals surface area contributed by atoms with Crippen molar-refractivity contribution in [2.24, 2.45) is 11.7 Å². The van der Waals surface area contributed by atoms with Gasteiger partial charge in [-0.25, -0.2) is 4.79 Å². The van der Waals surface area contributed by atoms with Gasteiger partial charge in [0.2, 0.25) is 5.91 Å². The Labute approximate surface area is 158 Å². The summed E-state index contributed by atoms with van der Waals surface area (Å²) in [6, 6.07) is 5.72. The van der Waals surface area contributed by atoms with Crippen LogP contribution in [0, 0.1) is 5.92 Å². The summed E-state index contributed by atoms with van der Waals surface area (Å²) in [5.74, 6) is -0.490. The number of hydrogen-bond acceptors (Lipinski definition) is 3. The number of carbonyl (C=O) groups excluding carboxylic acids is 1. The standard InChI is InChI=1S/C21H26N2O4/c22-21(26)14-9-10-16-19(14)20-15(7-4-8-17(20)27-12-18(24)25)23(16)11-13-5-2-1-3-6-13/h4,7-8,13-14H,1-3,5-6,9-12H2,(H2,22,26)(H,24,25). The Hall–Kier alpha value is -2.50. The van der Waals surface area contributed by atoms with Gasteiger partial charge in [0, 0.05) is 17.6 Å². The maximum absolute atomic E-state index is 12.1. The highest BCUT2D eigenvalue weighted by Gasteiger charge is 2.35. The van der Waals surface area contributed by atoms with Gasteiger partial charge >= 0.3 is 5.97 Å². The normalized spacial score (nSPS) is 19.9. The van der Waals surface area contributed by atoms with Crippen molar-refractivity contribution < 1.29 is 19.4 Å². The number of aromatic nitrogens is 1. The summed E-state index contributed by atoms with van der Waals surface area (Å²) in [6.45, 7) is 0.544. The second kappa shape index (κ2) is 7.25. The molecule has 2 aromatic rings. The van der Waals surface area contributed by atoms with Crippen LogP contribution in [0.1, 0.15) is 55.7 Å². The van der Waals surface area contributed by atoms with Crippen LogP contribution in [0.25, 0.3) is 10.9 Å². The number of ether oxygens (including phenoxy) is 1. The summed E-state index contributed by atoms with van der Waals surface area (Å²) in [6.07, 6.45) is 7.90. The highest BCUT2D eigenvalue weighted by Crippen LogP contribution is 2.45. The topological polar surface area (TPSA) is 94.6 Å². The molecule has 2 aliphatic rings. The summed E-state index contributed by atoms with van der Waals surface area (Å²) in [7, 11) is 0.